The number of carbonyl (C=O) groups is 1. The largest absolute Gasteiger partial charge is 0.507 e. The number of nitrogens with zero attached hydrogens (tertiary/aromatic N) is 3. The van der Waals surface area contributed by atoms with E-state index in [-0.39, 0.29) is 11.7 Å². The van der Waals surface area contributed by atoms with Gasteiger partial charge in [0, 0.05) is 23.2 Å². The minimum absolute atomic E-state index is 0.0453. The van der Waals surface area contributed by atoms with E-state index in [0.29, 0.717) is 35.1 Å². The number of aromatic hydroxyl groups is 1. The van der Waals surface area contributed by atoms with Crippen molar-refractivity contribution in [2.45, 2.75) is 13.3 Å². The molecule has 4 rings (SSSR count). The van der Waals surface area contributed by atoms with Crippen LogP contribution in [-0.4, -0.2) is 26.0 Å². The van der Waals surface area contributed by atoms with Crippen LogP contribution in [0.4, 0.5) is 5.69 Å². The third-order valence-corrected chi connectivity index (χ3v) is 4.56. The van der Waals surface area contributed by atoms with Gasteiger partial charge in [0.05, 0.1) is 5.56 Å². The molecule has 0 bridgehead atoms. The van der Waals surface area contributed by atoms with Crippen molar-refractivity contribution in [1.82, 2.24) is 15.0 Å². The van der Waals surface area contributed by atoms with Crippen LogP contribution in [0.5, 0.6) is 5.75 Å². The molecule has 0 saturated carbocycles. The molecule has 6 heteroatoms. The quantitative estimate of drug-likeness (QED) is 0.499. The minimum Gasteiger partial charge on any atom is -0.507 e. The molecule has 0 atom stereocenters. The topological polar surface area (TPSA) is 88.0 Å². The number of phenolic OH excluding ortho intramolecular Hbond substituents is 1. The monoisotopic (exact) mass is 396 g/mol. The Kier molecular flexibility index (Phi) is 5.48. The molecular weight excluding hydrogens is 376 g/mol. The molecule has 1 aromatic heterocycles. The van der Waals surface area contributed by atoms with Gasteiger partial charge in [0.25, 0.3) is 0 Å². The van der Waals surface area contributed by atoms with Crippen molar-refractivity contribution in [2.24, 2.45) is 0 Å². The lowest BCUT2D eigenvalue weighted by molar-refractivity contribution is -0.115. The van der Waals surface area contributed by atoms with Gasteiger partial charge in [-0.2, -0.15) is 0 Å². The van der Waals surface area contributed by atoms with Crippen molar-refractivity contribution < 1.29 is 9.90 Å². The number of carbonyl (C=O) groups excluding carboxylic acids is 1. The second kappa shape index (κ2) is 8.53. The number of rotatable bonds is 5. The minimum atomic E-state index is -0.0453. The number of hydrogen-bond acceptors (Lipinski definition) is 5. The molecule has 0 aliphatic rings. The number of benzene rings is 3. The molecule has 0 saturated heterocycles. The van der Waals surface area contributed by atoms with Gasteiger partial charge < -0.3 is 10.4 Å². The summed E-state index contributed by atoms with van der Waals surface area (Å²) in [5.41, 5.74) is 2.87. The fourth-order valence-electron chi connectivity index (χ4n) is 2.96. The molecule has 0 fully saturated rings. The van der Waals surface area contributed by atoms with E-state index in [4.69, 9.17) is 0 Å². The lowest BCUT2D eigenvalue weighted by atomic mass is 10.1. The lowest BCUT2D eigenvalue weighted by Gasteiger charge is -2.10. The van der Waals surface area contributed by atoms with Crippen LogP contribution in [0, 0.1) is 0 Å². The van der Waals surface area contributed by atoms with Crippen LogP contribution in [0.1, 0.15) is 13.3 Å². The van der Waals surface area contributed by atoms with Gasteiger partial charge in [0.1, 0.15) is 5.75 Å². The van der Waals surface area contributed by atoms with E-state index < -0.39 is 0 Å². The number of para-hydroxylation sites is 1. The van der Waals surface area contributed by atoms with Gasteiger partial charge in [-0.1, -0.05) is 49.4 Å². The number of phenols is 1. The summed E-state index contributed by atoms with van der Waals surface area (Å²) < 4.78 is 0. The normalized spacial score (nSPS) is 10.6. The van der Waals surface area contributed by atoms with E-state index in [1.165, 1.54) is 0 Å². The van der Waals surface area contributed by atoms with Crippen LogP contribution in [0.15, 0.2) is 78.9 Å². The molecule has 30 heavy (non-hydrogen) atoms. The van der Waals surface area contributed by atoms with Gasteiger partial charge in [0.2, 0.25) is 5.91 Å². The zero-order chi connectivity index (χ0) is 20.9. The summed E-state index contributed by atoms with van der Waals surface area (Å²) in [6.07, 6.45) is 0.416. The van der Waals surface area contributed by atoms with E-state index in [1.54, 1.807) is 25.1 Å². The second-order valence-electron chi connectivity index (χ2n) is 6.67. The van der Waals surface area contributed by atoms with E-state index >= 15 is 0 Å². The van der Waals surface area contributed by atoms with Crippen LogP contribution >= 0.6 is 0 Å². The van der Waals surface area contributed by atoms with E-state index in [9.17, 15) is 9.90 Å². The van der Waals surface area contributed by atoms with Crippen LogP contribution in [0.25, 0.3) is 34.2 Å². The van der Waals surface area contributed by atoms with Gasteiger partial charge in [0.15, 0.2) is 17.5 Å². The number of hydrogen-bond donors (Lipinski definition) is 2. The van der Waals surface area contributed by atoms with Crippen molar-refractivity contribution in [2.75, 3.05) is 5.32 Å². The van der Waals surface area contributed by atoms with E-state index in [1.807, 2.05) is 60.7 Å². The summed E-state index contributed by atoms with van der Waals surface area (Å²) in [5, 5.41) is 13.1. The van der Waals surface area contributed by atoms with Gasteiger partial charge >= 0.3 is 0 Å². The second-order valence-corrected chi connectivity index (χ2v) is 6.67. The molecule has 0 aliphatic heterocycles. The number of amides is 1. The molecule has 6 nitrogen and oxygen atoms in total. The predicted molar refractivity (Wildman–Crippen MR) is 117 cm³/mol. The Hall–Kier alpha value is -4.06. The van der Waals surface area contributed by atoms with Crippen LogP contribution < -0.4 is 5.32 Å². The maximum atomic E-state index is 11.6. The van der Waals surface area contributed by atoms with Crippen molar-refractivity contribution in [1.29, 1.82) is 0 Å². The Bertz CT molecular complexity index is 1180. The molecule has 4 aromatic rings. The highest BCUT2D eigenvalue weighted by Crippen LogP contribution is 2.29. The SMILES string of the molecule is CCC(=O)Nc1ccc(-c2nc(-c3ccccc3)nc(-c3ccccc3O)n2)cc1. The Balaban J connectivity index is 1.80. The van der Waals surface area contributed by atoms with Crippen molar-refractivity contribution in [3.63, 3.8) is 0 Å². The number of nitrogens with one attached hydrogen (secondary N) is 1. The fourth-order valence-corrected chi connectivity index (χ4v) is 2.96. The molecule has 0 aliphatic carbocycles. The number of anilines is 1. The molecule has 0 unspecified atom stereocenters. The molecule has 1 amide bonds. The Labute approximate surface area is 174 Å². The molecule has 1 heterocycles. The molecule has 3 aromatic carbocycles. The fraction of sp³-hybridized carbons (Fsp3) is 0.0833. The first kappa shape index (κ1) is 19.3. The highest BCUT2D eigenvalue weighted by molar-refractivity contribution is 5.90. The first-order chi connectivity index (χ1) is 14.6. The third kappa shape index (κ3) is 4.17. The van der Waals surface area contributed by atoms with Gasteiger partial charge in [-0.3, -0.25) is 4.79 Å². The Morgan fingerprint density at radius 1 is 0.767 bits per heavy atom. The highest BCUT2D eigenvalue weighted by atomic mass is 16.3. The zero-order valence-electron chi connectivity index (χ0n) is 16.4. The highest BCUT2D eigenvalue weighted by Gasteiger charge is 2.14. The van der Waals surface area contributed by atoms with Crippen LogP contribution in [0.3, 0.4) is 0 Å². The molecule has 0 spiro atoms. The first-order valence-corrected chi connectivity index (χ1v) is 9.64. The summed E-state index contributed by atoms with van der Waals surface area (Å²) in [4.78, 5) is 25.4. The summed E-state index contributed by atoms with van der Waals surface area (Å²) in [6.45, 7) is 1.81. The summed E-state index contributed by atoms with van der Waals surface area (Å²) in [7, 11) is 0. The molecule has 0 radical (unpaired) electrons. The lowest BCUT2D eigenvalue weighted by Crippen LogP contribution is -2.09. The molecular formula is C24H20N4O2. The summed E-state index contributed by atoms with van der Waals surface area (Å²) in [5.74, 6) is 1.44. The Morgan fingerprint density at radius 2 is 1.33 bits per heavy atom. The third-order valence-electron chi connectivity index (χ3n) is 4.56. The van der Waals surface area contributed by atoms with E-state index in [0.717, 1.165) is 11.1 Å². The van der Waals surface area contributed by atoms with Crippen LogP contribution in [0.2, 0.25) is 0 Å². The maximum absolute atomic E-state index is 11.6. The summed E-state index contributed by atoms with van der Waals surface area (Å²) in [6, 6.07) is 23.9. The van der Waals surface area contributed by atoms with Gasteiger partial charge in [-0.05, 0) is 36.4 Å². The summed E-state index contributed by atoms with van der Waals surface area (Å²) >= 11 is 0. The maximum Gasteiger partial charge on any atom is 0.224 e. The zero-order valence-corrected chi connectivity index (χ0v) is 16.4. The van der Waals surface area contributed by atoms with Crippen molar-refractivity contribution in [3.05, 3.63) is 78.9 Å². The Morgan fingerprint density at radius 3 is 1.97 bits per heavy atom. The van der Waals surface area contributed by atoms with E-state index in [2.05, 4.69) is 20.3 Å². The first-order valence-electron chi connectivity index (χ1n) is 9.64. The van der Waals surface area contributed by atoms with Gasteiger partial charge in [-0.15, -0.1) is 0 Å². The van der Waals surface area contributed by atoms with Crippen LogP contribution in [-0.2, 0) is 4.79 Å². The molecule has 2 N–H and O–H groups in total. The average molecular weight is 396 g/mol. The van der Waals surface area contributed by atoms with Crippen molar-refractivity contribution in [3.8, 4) is 39.9 Å². The van der Waals surface area contributed by atoms with Crippen molar-refractivity contribution >= 4 is 11.6 Å². The predicted octanol–water partition coefficient (Wildman–Crippen LogP) is 4.93. The number of aromatic nitrogens is 3. The molecule has 148 valence electrons. The van der Waals surface area contributed by atoms with Gasteiger partial charge in [-0.25, -0.2) is 15.0 Å². The average Bonchev–Trinajstić information content (AvgIpc) is 2.80. The standard InChI is InChI=1S/C24H20N4O2/c1-2-21(30)25-18-14-12-17(13-15-18)23-26-22(16-8-4-3-5-9-16)27-24(28-23)19-10-6-7-11-20(19)29/h3-15,29H,2H2,1H3,(H,25,30). The smallest absolute Gasteiger partial charge is 0.224 e.